The second-order valence-corrected chi connectivity index (χ2v) is 7.92. The Morgan fingerprint density at radius 3 is 2.75 bits per heavy atom. The Kier molecular flexibility index (Phi) is 4.73. The van der Waals surface area contributed by atoms with Crippen LogP contribution in [0.15, 0.2) is 15.9 Å². The molecule has 2 rings (SSSR count). The van der Waals surface area contributed by atoms with Gasteiger partial charge >= 0.3 is 0 Å². The average molecular weight is 322 g/mol. The Morgan fingerprint density at radius 2 is 2.12 bits per heavy atom. The van der Waals surface area contributed by atoms with Crippen LogP contribution in [-0.4, -0.2) is 28.8 Å². The molecule has 1 aromatic rings. The predicted molar refractivity (Wildman–Crippen MR) is 75.2 cm³/mol. The fourth-order valence-corrected chi connectivity index (χ4v) is 4.50. The van der Waals surface area contributed by atoms with Gasteiger partial charge in [-0.3, -0.25) is 0 Å². The number of rotatable bonds is 4. The zero-order valence-corrected chi connectivity index (χ0v) is 12.3. The number of halogens is 1. The van der Waals surface area contributed by atoms with E-state index in [1.54, 1.807) is 11.3 Å². The molecule has 0 spiro atoms. The highest BCUT2D eigenvalue weighted by Gasteiger charge is 2.28. The summed E-state index contributed by atoms with van der Waals surface area (Å²) in [7, 11) is 0. The molecule has 1 fully saturated rings. The number of hydrogen-bond acceptors (Lipinski definition) is 4. The molecule has 2 N–H and O–H groups in total. The van der Waals surface area contributed by atoms with Crippen molar-refractivity contribution in [3.05, 3.63) is 20.8 Å². The second-order valence-electron chi connectivity index (χ2n) is 4.15. The van der Waals surface area contributed by atoms with Crippen LogP contribution in [0.1, 0.15) is 17.7 Å². The quantitative estimate of drug-likeness (QED) is 0.894. The zero-order valence-electron chi connectivity index (χ0n) is 9.04. The van der Waals surface area contributed by atoms with Gasteiger partial charge in [0.05, 0.1) is 9.39 Å². The van der Waals surface area contributed by atoms with E-state index in [1.807, 2.05) is 11.8 Å². The molecule has 0 radical (unpaired) electrons. The van der Waals surface area contributed by atoms with Crippen LogP contribution in [-0.2, 0) is 6.54 Å². The topological polar surface area (TPSA) is 32.3 Å². The highest BCUT2D eigenvalue weighted by Crippen LogP contribution is 2.26. The molecule has 0 unspecified atom stereocenters. The van der Waals surface area contributed by atoms with E-state index in [0.29, 0.717) is 6.54 Å². The smallest absolute Gasteiger partial charge is 0.0787 e. The maximum absolute atomic E-state index is 10.3. The van der Waals surface area contributed by atoms with Gasteiger partial charge in [-0.15, -0.1) is 11.3 Å². The maximum Gasteiger partial charge on any atom is 0.0787 e. The first kappa shape index (κ1) is 12.9. The molecular formula is C11H16BrNOS2. The largest absolute Gasteiger partial charge is 0.389 e. The van der Waals surface area contributed by atoms with Crippen molar-refractivity contribution in [2.75, 3.05) is 18.1 Å². The summed E-state index contributed by atoms with van der Waals surface area (Å²) in [5.41, 5.74) is -0.472. The molecule has 0 atom stereocenters. The predicted octanol–water partition coefficient (Wildman–Crippen LogP) is 2.86. The van der Waals surface area contributed by atoms with Gasteiger partial charge in [-0.2, -0.15) is 11.8 Å². The first-order valence-electron chi connectivity index (χ1n) is 5.43. The average Bonchev–Trinajstić information content (AvgIpc) is 2.65. The summed E-state index contributed by atoms with van der Waals surface area (Å²) in [5.74, 6) is 2.17. The van der Waals surface area contributed by atoms with Gasteiger partial charge in [0, 0.05) is 18.0 Å². The van der Waals surface area contributed by atoms with Gasteiger partial charge in [-0.05, 0) is 52.4 Å². The third kappa shape index (κ3) is 3.74. The van der Waals surface area contributed by atoms with Gasteiger partial charge in [0.25, 0.3) is 0 Å². The minimum Gasteiger partial charge on any atom is -0.389 e. The van der Waals surface area contributed by atoms with Crippen molar-refractivity contribution in [2.24, 2.45) is 0 Å². The van der Waals surface area contributed by atoms with Crippen LogP contribution in [0.25, 0.3) is 0 Å². The lowest BCUT2D eigenvalue weighted by molar-refractivity contribution is 0.0321. The summed E-state index contributed by atoms with van der Waals surface area (Å²) in [6, 6.07) is 4.18. The van der Waals surface area contributed by atoms with Crippen molar-refractivity contribution < 1.29 is 5.11 Å². The van der Waals surface area contributed by atoms with Crippen LogP contribution in [0.5, 0.6) is 0 Å². The summed E-state index contributed by atoms with van der Waals surface area (Å²) in [6.45, 7) is 1.56. The monoisotopic (exact) mass is 321 g/mol. The Morgan fingerprint density at radius 1 is 1.38 bits per heavy atom. The molecule has 5 heteroatoms. The number of thioether (sulfide) groups is 1. The molecule has 1 aromatic heterocycles. The van der Waals surface area contributed by atoms with Crippen molar-refractivity contribution in [1.29, 1.82) is 0 Å². The van der Waals surface area contributed by atoms with Crippen LogP contribution in [0.3, 0.4) is 0 Å². The summed E-state index contributed by atoms with van der Waals surface area (Å²) < 4.78 is 1.16. The van der Waals surface area contributed by atoms with Gasteiger partial charge in [0.15, 0.2) is 0 Å². The molecule has 0 bridgehead atoms. The highest BCUT2D eigenvalue weighted by molar-refractivity contribution is 9.11. The van der Waals surface area contributed by atoms with E-state index in [2.05, 4.69) is 33.4 Å². The van der Waals surface area contributed by atoms with Crippen LogP contribution in [0, 0.1) is 0 Å². The lowest BCUT2D eigenvalue weighted by Gasteiger charge is -2.31. The maximum atomic E-state index is 10.3. The SMILES string of the molecule is OC1(CNCc2ccc(Br)s2)CCSCC1. The van der Waals surface area contributed by atoms with Crippen LogP contribution >= 0.6 is 39.0 Å². The molecule has 1 saturated heterocycles. The molecular weight excluding hydrogens is 306 g/mol. The minimum atomic E-state index is -0.472. The summed E-state index contributed by atoms with van der Waals surface area (Å²) in [4.78, 5) is 1.31. The van der Waals surface area contributed by atoms with Crippen LogP contribution in [0.2, 0.25) is 0 Å². The third-order valence-corrected chi connectivity index (χ3v) is 5.41. The molecule has 0 saturated carbocycles. The molecule has 1 aliphatic rings. The number of aliphatic hydroxyl groups is 1. The molecule has 16 heavy (non-hydrogen) atoms. The second kappa shape index (κ2) is 5.87. The van der Waals surface area contributed by atoms with Gasteiger partial charge in [0.2, 0.25) is 0 Å². The highest BCUT2D eigenvalue weighted by atomic mass is 79.9. The van der Waals surface area contributed by atoms with Crippen molar-refractivity contribution in [3.8, 4) is 0 Å². The van der Waals surface area contributed by atoms with Crippen molar-refractivity contribution in [3.63, 3.8) is 0 Å². The standard InChI is InChI=1S/C11H16BrNOS2/c12-10-2-1-9(16-10)7-13-8-11(14)3-5-15-6-4-11/h1-2,13-14H,3-8H2. The van der Waals surface area contributed by atoms with E-state index in [9.17, 15) is 5.11 Å². The Bertz CT molecular complexity index is 336. The van der Waals surface area contributed by atoms with E-state index in [0.717, 1.165) is 34.7 Å². The number of nitrogens with one attached hydrogen (secondary N) is 1. The molecule has 0 aliphatic carbocycles. The summed E-state index contributed by atoms with van der Waals surface area (Å²) in [6.07, 6.45) is 1.83. The first-order chi connectivity index (χ1) is 7.68. The molecule has 1 aliphatic heterocycles. The van der Waals surface area contributed by atoms with E-state index in [1.165, 1.54) is 4.88 Å². The van der Waals surface area contributed by atoms with Gasteiger partial charge in [-0.1, -0.05) is 0 Å². The van der Waals surface area contributed by atoms with Crippen LogP contribution < -0.4 is 5.32 Å². The van der Waals surface area contributed by atoms with E-state index in [-0.39, 0.29) is 0 Å². The Labute approximate surface area is 113 Å². The Balaban J connectivity index is 1.74. The lowest BCUT2D eigenvalue weighted by Crippen LogP contribution is -2.43. The normalized spacial score (nSPS) is 19.9. The van der Waals surface area contributed by atoms with Gasteiger partial charge < -0.3 is 10.4 Å². The third-order valence-electron chi connectivity index (χ3n) is 2.81. The number of thiophene rings is 1. The van der Waals surface area contributed by atoms with E-state index < -0.39 is 5.60 Å². The van der Waals surface area contributed by atoms with Crippen molar-refractivity contribution in [1.82, 2.24) is 5.32 Å². The summed E-state index contributed by atoms with van der Waals surface area (Å²) in [5, 5.41) is 13.6. The fourth-order valence-electron chi connectivity index (χ4n) is 1.79. The van der Waals surface area contributed by atoms with Gasteiger partial charge in [0.1, 0.15) is 0 Å². The molecule has 2 heterocycles. The zero-order chi connectivity index (χ0) is 11.4. The van der Waals surface area contributed by atoms with Gasteiger partial charge in [-0.25, -0.2) is 0 Å². The van der Waals surface area contributed by atoms with Crippen LogP contribution in [0.4, 0.5) is 0 Å². The molecule has 90 valence electrons. The molecule has 2 nitrogen and oxygen atoms in total. The minimum absolute atomic E-state index is 0.472. The number of hydrogen-bond donors (Lipinski definition) is 2. The molecule has 0 amide bonds. The fraction of sp³-hybridized carbons (Fsp3) is 0.636. The summed E-state index contributed by atoms with van der Waals surface area (Å²) >= 11 is 7.13. The lowest BCUT2D eigenvalue weighted by atomic mass is 9.97. The first-order valence-corrected chi connectivity index (χ1v) is 8.19. The molecule has 0 aromatic carbocycles. The van der Waals surface area contributed by atoms with Crippen molar-refractivity contribution in [2.45, 2.75) is 25.0 Å². The van der Waals surface area contributed by atoms with Crippen molar-refractivity contribution >= 4 is 39.0 Å². The van der Waals surface area contributed by atoms with E-state index >= 15 is 0 Å². The van der Waals surface area contributed by atoms with E-state index in [4.69, 9.17) is 0 Å². The Hall–Kier alpha value is 0.450.